The zero-order valence-electron chi connectivity index (χ0n) is 10.2. The average molecular weight is 311 g/mol. The summed E-state index contributed by atoms with van der Waals surface area (Å²) in [5, 5.41) is 14.5. The van der Waals surface area contributed by atoms with Gasteiger partial charge in [-0.15, -0.1) is 0 Å². The lowest BCUT2D eigenvalue weighted by molar-refractivity contribution is -0.0953. The lowest BCUT2D eigenvalue weighted by Crippen LogP contribution is -2.37. The van der Waals surface area contributed by atoms with Crippen LogP contribution in [0.15, 0.2) is 22.9 Å². The van der Waals surface area contributed by atoms with Crippen LogP contribution in [0.4, 0.5) is 13.2 Å². The molecule has 2 heterocycles. The molecule has 0 unspecified atom stereocenters. The Labute approximate surface area is 112 Å². The van der Waals surface area contributed by atoms with Crippen LogP contribution in [0.2, 0.25) is 0 Å². The van der Waals surface area contributed by atoms with Gasteiger partial charge in [-0.05, 0) is 6.42 Å². The summed E-state index contributed by atoms with van der Waals surface area (Å²) in [4.78, 5) is 0. The van der Waals surface area contributed by atoms with Crippen molar-refractivity contribution in [2.45, 2.75) is 24.2 Å². The van der Waals surface area contributed by atoms with Crippen LogP contribution in [-0.2, 0) is 16.6 Å². The lowest BCUT2D eigenvalue weighted by atomic mass is 10.1. The van der Waals surface area contributed by atoms with Crippen LogP contribution in [-0.4, -0.2) is 47.3 Å². The van der Waals surface area contributed by atoms with Crippen molar-refractivity contribution in [1.29, 1.82) is 0 Å². The van der Waals surface area contributed by atoms with Gasteiger partial charge in [-0.2, -0.15) is 22.6 Å². The number of aliphatic hydroxyl groups is 1. The van der Waals surface area contributed by atoms with Crippen molar-refractivity contribution in [3.8, 4) is 0 Å². The molecule has 1 aromatic heterocycles. The number of aliphatic hydroxyl groups excluding tert-OH is 1. The molecule has 112 valence electrons. The summed E-state index contributed by atoms with van der Waals surface area (Å²) in [7, 11) is -3.99. The Balaban J connectivity index is 2.24. The fourth-order valence-corrected chi connectivity index (χ4v) is 3.37. The summed E-state index contributed by atoms with van der Waals surface area (Å²) >= 11 is 0. The number of halogens is 3. The number of hydrogen-bond donors (Lipinski definition) is 2. The van der Waals surface area contributed by atoms with Gasteiger partial charge in [-0.3, -0.25) is 5.10 Å². The number of H-pyrrole nitrogens is 1. The number of nitrogens with one attached hydrogen (secondary N) is 1. The Morgan fingerprint density at radius 2 is 2.15 bits per heavy atom. The van der Waals surface area contributed by atoms with E-state index >= 15 is 0 Å². The van der Waals surface area contributed by atoms with Crippen molar-refractivity contribution < 1.29 is 26.7 Å². The van der Waals surface area contributed by atoms with Crippen LogP contribution in [0.25, 0.3) is 0 Å². The van der Waals surface area contributed by atoms with Crippen molar-refractivity contribution >= 4 is 10.0 Å². The molecular formula is C10H12F3N3O3S. The van der Waals surface area contributed by atoms with Gasteiger partial charge in [0.2, 0.25) is 0 Å². The fourth-order valence-electron chi connectivity index (χ4n) is 1.89. The molecule has 0 aliphatic carbocycles. The topological polar surface area (TPSA) is 86.3 Å². The van der Waals surface area contributed by atoms with Crippen LogP contribution in [0.1, 0.15) is 12.0 Å². The molecule has 2 rings (SSSR count). The van der Waals surface area contributed by atoms with Gasteiger partial charge in [0, 0.05) is 24.2 Å². The Hall–Kier alpha value is -1.39. The van der Waals surface area contributed by atoms with E-state index in [2.05, 4.69) is 10.2 Å². The minimum atomic E-state index is -4.43. The molecule has 2 N–H and O–H groups in total. The van der Waals surface area contributed by atoms with Gasteiger partial charge in [0.1, 0.15) is 0 Å². The Morgan fingerprint density at radius 3 is 2.65 bits per heavy atom. The molecule has 1 aliphatic rings. The molecule has 1 aliphatic heterocycles. The second kappa shape index (κ2) is 5.19. The van der Waals surface area contributed by atoms with E-state index in [9.17, 15) is 21.6 Å². The molecule has 0 radical (unpaired) electrons. The number of aromatic nitrogens is 2. The van der Waals surface area contributed by atoms with Gasteiger partial charge in [0.05, 0.1) is 12.8 Å². The second-order valence-corrected chi connectivity index (χ2v) is 6.10. The predicted octanol–water partition coefficient (Wildman–Crippen LogP) is 0.785. The molecule has 0 amide bonds. The Morgan fingerprint density at radius 1 is 1.45 bits per heavy atom. The van der Waals surface area contributed by atoms with E-state index in [1.165, 1.54) is 0 Å². The highest BCUT2D eigenvalue weighted by Crippen LogP contribution is 2.31. The predicted molar refractivity (Wildman–Crippen MR) is 62.0 cm³/mol. The summed E-state index contributed by atoms with van der Waals surface area (Å²) in [5.74, 6) is 0. The van der Waals surface area contributed by atoms with E-state index in [4.69, 9.17) is 5.11 Å². The molecule has 0 bridgehead atoms. The zero-order valence-corrected chi connectivity index (χ0v) is 11.0. The lowest BCUT2D eigenvalue weighted by Gasteiger charge is -2.26. The molecule has 20 heavy (non-hydrogen) atoms. The van der Waals surface area contributed by atoms with Crippen molar-refractivity contribution in [3.63, 3.8) is 0 Å². The third-order valence-electron chi connectivity index (χ3n) is 2.98. The van der Waals surface area contributed by atoms with Crippen molar-refractivity contribution in [3.05, 3.63) is 23.4 Å². The van der Waals surface area contributed by atoms with E-state index < -0.39 is 34.8 Å². The Bertz CT molecular complexity index is 621. The minimum Gasteiger partial charge on any atom is -0.392 e. The maximum atomic E-state index is 12.5. The highest BCUT2D eigenvalue weighted by atomic mass is 32.2. The summed E-state index contributed by atoms with van der Waals surface area (Å²) in [6.07, 6.45) is -2.81. The average Bonchev–Trinajstić information content (AvgIpc) is 2.87. The van der Waals surface area contributed by atoms with Gasteiger partial charge in [-0.25, -0.2) is 8.42 Å². The van der Waals surface area contributed by atoms with Crippen LogP contribution in [0.5, 0.6) is 0 Å². The van der Waals surface area contributed by atoms with Crippen LogP contribution in [0, 0.1) is 0 Å². The highest BCUT2D eigenvalue weighted by molar-refractivity contribution is 7.89. The van der Waals surface area contributed by atoms with Crippen molar-refractivity contribution in [1.82, 2.24) is 14.5 Å². The number of nitrogens with zero attached hydrogens (tertiary/aromatic N) is 2. The number of hydrogen-bond acceptors (Lipinski definition) is 4. The number of alkyl halides is 3. The first kappa shape index (κ1) is 15.0. The summed E-state index contributed by atoms with van der Waals surface area (Å²) < 4.78 is 62.8. The largest absolute Gasteiger partial charge is 0.412 e. The standard InChI is InChI=1S/C10H12F3N3O3S/c11-10(12,13)8-1-3-16(4-2-8)20(18,19)9-7(6-17)5-14-15-9/h1,5,17H,2-4,6H2,(H,14,15). The van der Waals surface area contributed by atoms with Gasteiger partial charge >= 0.3 is 6.18 Å². The summed E-state index contributed by atoms with van der Waals surface area (Å²) in [5.41, 5.74) is -0.647. The summed E-state index contributed by atoms with van der Waals surface area (Å²) in [6.45, 7) is -1.15. The van der Waals surface area contributed by atoms with Crippen molar-refractivity contribution in [2.24, 2.45) is 0 Å². The monoisotopic (exact) mass is 311 g/mol. The van der Waals surface area contributed by atoms with Gasteiger partial charge < -0.3 is 5.11 Å². The first-order valence-electron chi connectivity index (χ1n) is 5.66. The van der Waals surface area contributed by atoms with Gasteiger partial charge in [0.25, 0.3) is 10.0 Å². The first-order valence-corrected chi connectivity index (χ1v) is 7.10. The Kier molecular flexibility index (Phi) is 3.89. The van der Waals surface area contributed by atoms with Crippen LogP contribution in [0.3, 0.4) is 0 Å². The smallest absolute Gasteiger partial charge is 0.392 e. The minimum absolute atomic E-state index is 0.0793. The quantitative estimate of drug-likeness (QED) is 0.808. The van der Waals surface area contributed by atoms with Gasteiger partial charge in [-0.1, -0.05) is 6.08 Å². The van der Waals surface area contributed by atoms with Gasteiger partial charge in [0.15, 0.2) is 5.03 Å². The third kappa shape index (κ3) is 2.72. The van der Waals surface area contributed by atoms with Crippen LogP contribution < -0.4 is 0 Å². The molecule has 0 aromatic carbocycles. The molecular weight excluding hydrogens is 299 g/mol. The van der Waals surface area contributed by atoms with E-state index in [-0.39, 0.29) is 23.7 Å². The fraction of sp³-hybridized carbons (Fsp3) is 0.500. The molecule has 0 fully saturated rings. The normalized spacial score (nSPS) is 18.1. The third-order valence-corrected chi connectivity index (χ3v) is 4.86. The molecule has 0 saturated carbocycles. The number of sulfonamides is 1. The highest BCUT2D eigenvalue weighted by Gasteiger charge is 2.37. The molecule has 0 atom stereocenters. The second-order valence-electron chi connectivity index (χ2n) is 4.22. The van der Waals surface area contributed by atoms with E-state index in [0.717, 1.165) is 16.6 Å². The zero-order chi connectivity index (χ0) is 15.0. The molecule has 6 nitrogen and oxygen atoms in total. The molecule has 10 heteroatoms. The SMILES string of the molecule is O=S(=O)(c1[nH]ncc1CO)N1CC=C(C(F)(F)F)CC1. The van der Waals surface area contributed by atoms with Crippen molar-refractivity contribution in [2.75, 3.05) is 13.1 Å². The first-order chi connectivity index (χ1) is 9.26. The summed E-state index contributed by atoms with van der Waals surface area (Å²) in [6, 6.07) is 0. The molecule has 0 spiro atoms. The molecule has 0 saturated heterocycles. The van der Waals surface area contributed by atoms with E-state index in [1.807, 2.05) is 0 Å². The molecule has 1 aromatic rings. The number of rotatable bonds is 3. The van der Waals surface area contributed by atoms with E-state index in [1.54, 1.807) is 0 Å². The maximum absolute atomic E-state index is 12.5. The van der Waals surface area contributed by atoms with E-state index in [0.29, 0.717) is 0 Å². The maximum Gasteiger partial charge on any atom is 0.412 e. The van der Waals surface area contributed by atoms with Crippen LogP contribution >= 0.6 is 0 Å². The number of aromatic amines is 1.